The molecule has 0 N–H and O–H groups in total. The van der Waals surface area contributed by atoms with Gasteiger partial charge in [0.15, 0.2) is 0 Å². The summed E-state index contributed by atoms with van der Waals surface area (Å²) in [7, 11) is 3.65. The first-order valence-electron chi connectivity index (χ1n) is 8.11. The molecule has 1 fully saturated rings. The summed E-state index contributed by atoms with van der Waals surface area (Å²) in [5.41, 5.74) is 1.24. The molecule has 6 nitrogen and oxygen atoms in total. The van der Waals surface area contributed by atoms with E-state index in [9.17, 15) is 0 Å². The van der Waals surface area contributed by atoms with Gasteiger partial charge in [-0.15, -0.1) is 0 Å². The van der Waals surface area contributed by atoms with E-state index in [1.54, 1.807) is 13.4 Å². The molecule has 2 atom stereocenters. The summed E-state index contributed by atoms with van der Waals surface area (Å²) in [6, 6.07) is 4.30. The molecule has 3 rings (SSSR count). The van der Waals surface area contributed by atoms with Crippen LogP contribution in [0.3, 0.4) is 0 Å². The molecule has 1 aliphatic rings. The number of nitrogens with zero attached hydrogens (tertiary/aromatic N) is 3. The molecule has 23 heavy (non-hydrogen) atoms. The topological polar surface area (TPSA) is 52.7 Å². The van der Waals surface area contributed by atoms with E-state index in [1.165, 1.54) is 5.56 Å². The zero-order valence-corrected chi connectivity index (χ0v) is 13.9. The van der Waals surface area contributed by atoms with Crippen molar-refractivity contribution in [2.45, 2.75) is 31.5 Å². The van der Waals surface area contributed by atoms with Crippen LogP contribution in [0.2, 0.25) is 0 Å². The Bertz CT molecular complexity index is 582. The number of likely N-dealkylation sites (tertiary alicyclic amines) is 1. The Morgan fingerprint density at radius 1 is 1.39 bits per heavy atom. The van der Waals surface area contributed by atoms with Crippen molar-refractivity contribution in [1.82, 2.24) is 14.7 Å². The van der Waals surface area contributed by atoms with E-state index >= 15 is 0 Å². The summed E-state index contributed by atoms with van der Waals surface area (Å²) in [4.78, 5) is 2.45. The fraction of sp³-hybridized carbons (Fsp3) is 0.588. The highest BCUT2D eigenvalue weighted by molar-refractivity contribution is 5.09. The van der Waals surface area contributed by atoms with E-state index in [2.05, 4.69) is 16.2 Å². The van der Waals surface area contributed by atoms with Gasteiger partial charge in [-0.1, -0.05) is 0 Å². The highest BCUT2D eigenvalue weighted by Gasteiger charge is 2.35. The standard InChI is InChI=1S/C17H25N3O3/c1-19-12-14(11-18-19)10-16-17(23-9-8-21-2)5-6-20(16)13-15-4-3-7-22-15/h3-4,7,11-12,16-17H,5-6,8-10,13H2,1-2H3/t16-,17-/m0/s1. The zero-order valence-electron chi connectivity index (χ0n) is 13.9. The number of aryl methyl sites for hydroxylation is 1. The molecule has 126 valence electrons. The molecule has 1 aliphatic heterocycles. The fourth-order valence-electron chi connectivity index (χ4n) is 3.24. The Morgan fingerprint density at radius 2 is 2.30 bits per heavy atom. The van der Waals surface area contributed by atoms with Crippen LogP contribution in [0, 0.1) is 0 Å². The van der Waals surface area contributed by atoms with Crippen LogP contribution in [0.5, 0.6) is 0 Å². The largest absolute Gasteiger partial charge is 0.468 e. The minimum absolute atomic E-state index is 0.223. The summed E-state index contributed by atoms with van der Waals surface area (Å²) < 4.78 is 18.5. The molecule has 2 aromatic rings. The lowest BCUT2D eigenvalue weighted by atomic mass is 10.0. The van der Waals surface area contributed by atoms with Gasteiger partial charge in [0, 0.05) is 32.9 Å². The van der Waals surface area contributed by atoms with Crippen molar-refractivity contribution in [3.05, 3.63) is 42.1 Å². The third kappa shape index (κ3) is 4.22. The molecule has 0 unspecified atom stereocenters. The number of aromatic nitrogens is 2. The third-order valence-electron chi connectivity index (χ3n) is 4.36. The van der Waals surface area contributed by atoms with Gasteiger partial charge >= 0.3 is 0 Å². The van der Waals surface area contributed by atoms with E-state index < -0.39 is 0 Å². The summed E-state index contributed by atoms with van der Waals surface area (Å²) in [5, 5.41) is 4.28. The molecule has 1 saturated heterocycles. The second-order valence-corrected chi connectivity index (χ2v) is 6.03. The lowest BCUT2D eigenvalue weighted by Gasteiger charge is -2.27. The van der Waals surface area contributed by atoms with Crippen molar-refractivity contribution < 1.29 is 13.9 Å². The summed E-state index contributed by atoms with van der Waals surface area (Å²) in [6.07, 6.45) is 7.95. The average molecular weight is 319 g/mol. The molecule has 0 amide bonds. The molecular weight excluding hydrogens is 294 g/mol. The van der Waals surface area contributed by atoms with Crippen molar-refractivity contribution in [3.63, 3.8) is 0 Å². The van der Waals surface area contributed by atoms with Crippen molar-refractivity contribution in [2.24, 2.45) is 7.05 Å². The van der Waals surface area contributed by atoms with Crippen LogP contribution >= 0.6 is 0 Å². The molecule has 0 radical (unpaired) electrons. The maximum atomic E-state index is 6.06. The SMILES string of the molecule is COCCO[C@H]1CCN(Cc2ccco2)[C@H]1Cc1cnn(C)c1. The van der Waals surface area contributed by atoms with Crippen molar-refractivity contribution in [1.29, 1.82) is 0 Å². The second-order valence-electron chi connectivity index (χ2n) is 6.03. The molecule has 3 heterocycles. The number of hydrogen-bond donors (Lipinski definition) is 0. The summed E-state index contributed by atoms with van der Waals surface area (Å²) in [6.45, 7) is 3.11. The summed E-state index contributed by atoms with van der Waals surface area (Å²) >= 11 is 0. The predicted octanol–water partition coefficient (Wildman–Crippen LogP) is 1.86. The molecular formula is C17H25N3O3. The Labute approximate surface area is 137 Å². The summed E-state index contributed by atoms with van der Waals surface area (Å²) in [5.74, 6) is 0.999. The van der Waals surface area contributed by atoms with Gasteiger partial charge in [-0.25, -0.2) is 0 Å². The Hall–Kier alpha value is -1.63. The molecule has 0 aliphatic carbocycles. The highest BCUT2D eigenvalue weighted by atomic mass is 16.5. The Morgan fingerprint density at radius 3 is 3.00 bits per heavy atom. The van der Waals surface area contributed by atoms with Gasteiger partial charge in [-0.05, 0) is 30.5 Å². The third-order valence-corrected chi connectivity index (χ3v) is 4.36. The smallest absolute Gasteiger partial charge is 0.117 e. The zero-order chi connectivity index (χ0) is 16.1. The van der Waals surface area contributed by atoms with E-state index in [-0.39, 0.29) is 6.10 Å². The van der Waals surface area contributed by atoms with E-state index in [0.29, 0.717) is 19.3 Å². The maximum Gasteiger partial charge on any atom is 0.117 e. The van der Waals surface area contributed by atoms with Crippen molar-refractivity contribution in [2.75, 3.05) is 26.9 Å². The molecule has 0 spiro atoms. The monoisotopic (exact) mass is 319 g/mol. The van der Waals surface area contributed by atoms with Gasteiger partial charge in [-0.2, -0.15) is 5.10 Å². The lowest BCUT2D eigenvalue weighted by Crippen LogP contribution is -2.38. The molecule has 2 aromatic heterocycles. The lowest BCUT2D eigenvalue weighted by molar-refractivity contribution is -0.00191. The molecule has 6 heteroatoms. The van der Waals surface area contributed by atoms with Crippen LogP contribution in [0.1, 0.15) is 17.7 Å². The molecule has 0 bridgehead atoms. The van der Waals surface area contributed by atoms with E-state index in [0.717, 1.165) is 31.7 Å². The van der Waals surface area contributed by atoms with Crippen molar-refractivity contribution in [3.8, 4) is 0 Å². The van der Waals surface area contributed by atoms with Crippen molar-refractivity contribution >= 4 is 0 Å². The number of hydrogen-bond acceptors (Lipinski definition) is 5. The number of methoxy groups -OCH3 is 1. The van der Waals surface area contributed by atoms with E-state index in [1.807, 2.05) is 30.1 Å². The van der Waals surface area contributed by atoms with Crippen LogP contribution in [-0.4, -0.2) is 53.7 Å². The fourth-order valence-corrected chi connectivity index (χ4v) is 3.24. The average Bonchev–Trinajstić information content (AvgIpc) is 3.26. The van der Waals surface area contributed by atoms with Gasteiger partial charge in [0.25, 0.3) is 0 Å². The molecule has 0 saturated carbocycles. The van der Waals surface area contributed by atoms with Crippen LogP contribution in [0.25, 0.3) is 0 Å². The minimum Gasteiger partial charge on any atom is -0.468 e. The van der Waals surface area contributed by atoms with Gasteiger partial charge in [-0.3, -0.25) is 9.58 Å². The minimum atomic E-state index is 0.223. The second kappa shape index (κ2) is 7.77. The van der Waals surface area contributed by atoms with E-state index in [4.69, 9.17) is 13.9 Å². The van der Waals surface area contributed by atoms with Crippen LogP contribution in [-0.2, 0) is 29.5 Å². The Kier molecular flexibility index (Phi) is 5.48. The first-order valence-corrected chi connectivity index (χ1v) is 8.11. The van der Waals surface area contributed by atoms with Crippen LogP contribution < -0.4 is 0 Å². The quantitative estimate of drug-likeness (QED) is 0.695. The van der Waals surface area contributed by atoms with Gasteiger partial charge in [0.2, 0.25) is 0 Å². The first kappa shape index (κ1) is 16.2. The number of rotatable bonds is 8. The first-order chi connectivity index (χ1) is 11.3. The van der Waals surface area contributed by atoms with Crippen LogP contribution in [0.4, 0.5) is 0 Å². The number of furan rings is 1. The normalized spacial score (nSPS) is 22.0. The highest BCUT2D eigenvalue weighted by Crippen LogP contribution is 2.26. The van der Waals surface area contributed by atoms with Crippen LogP contribution in [0.15, 0.2) is 35.2 Å². The molecule has 0 aromatic carbocycles. The Balaban J connectivity index is 1.67. The van der Waals surface area contributed by atoms with Gasteiger partial charge in [0.05, 0.1) is 38.3 Å². The predicted molar refractivity (Wildman–Crippen MR) is 86.1 cm³/mol. The number of ether oxygens (including phenoxy) is 2. The maximum absolute atomic E-state index is 6.06. The van der Waals surface area contributed by atoms with Gasteiger partial charge < -0.3 is 13.9 Å². The van der Waals surface area contributed by atoms with Gasteiger partial charge in [0.1, 0.15) is 5.76 Å².